The molecule has 1 atom stereocenters. The van der Waals surface area contributed by atoms with Gasteiger partial charge in [-0.05, 0) is 50.3 Å². The number of carbonyl (C=O) groups excluding carboxylic acids is 1. The van der Waals surface area contributed by atoms with Gasteiger partial charge in [-0.25, -0.2) is 4.39 Å². The van der Waals surface area contributed by atoms with Gasteiger partial charge in [-0.3, -0.25) is 10.1 Å². The van der Waals surface area contributed by atoms with E-state index in [4.69, 9.17) is 4.74 Å². The fourth-order valence-electron chi connectivity index (χ4n) is 2.28. The van der Waals surface area contributed by atoms with Crippen LogP contribution in [0.15, 0.2) is 24.3 Å². The maximum Gasteiger partial charge on any atom is 0.325 e. The molecule has 2 rings (SSSR count). The van der Waals surface area contributed by atoms with Gasteiger partial charge in [-0.15, -0.1) is 0 Å². The van der Waals surface area contributed by atoms with Crippen LogP contribution in [0.25, 0.3) is 0 Å². The molecule has 3 nitrogen and oxygen atoms in total. The van der Waals surface area contributed by atoms with Crippen molar-refractivity contribution in [3.63, 3.8) is 0 Å². The zero-order valence-corrected chi connectivity index (χ0v) is 11.6. The summed E-state index contributed by atoms with van der Waals surface area (Å²) in [6, 6.07) is 6.53. The molecule has 1 unspecified atom stereocenters. The molecule has 104 valence electrons. The number of halogens is 1. The van der Waals surface area contributed by atoms with E-state index >= 15 is 0 Å². The van der Waals surface area contributed by atoms with Crippen molar-refractivity contribution >= 4 is 5.97 Å². The summed E-state index contributed by atoms with van der Waals surface area (Å²) < 4.78 is 17.8. The molecule has 1 aliphatic rings. The fraction of sp³-hybridized carbons (Fsp3) is 0.533. The first-order chi connectivity index (χ1) is 8.94. The average molecular weight is 265 g/mol. The van der Waals surface area contributed by atoms with Gasteiger partial charge < -0.3 is 4.74 Å². The highest BCUT2D eigenvalue weighted by molar-refractivity contribution is 5.79. The van der Waals surface area contributed by atoms with Crippen LogP contribution in [0, 0.1) is 11.7 Å². The van der Waals surface area contributed by atoms with Crippen molar-refractivity contribution in [2.75, 3.05) is 7.11 Å². The van der Waals surface area contributed by atoms with Crippen molar-refractivity contribution in [3.8, 4) is 0 Å². The van der Waals surface area contributed by atoms with Crippen LogP contribution in [0.5, 0.6) is 0 Å². The molecule has 1 fully saturated rings. The molecule has 1 aromatic carbocycles. The van der Waals surface area contributed by atoms with Crippen LogP contribution < -0.4 is 5.32 Å². The summed E-state index contributed by atoms with van der Waals surface area (Å²) in [4.78, 5) is 11.8. The lowest BCUT2D eigenvalue weighted by molar-refractivity contribution is -0.147. The number of benzene rings is 1. The molecule has 0 heterocycles. The van der Waals surface area contributed by atoms with E-state index in [-0.39, 0.29) is 17.8 Å². The molecular weight excluding hydrogens is 245 g/mol. The van der Waals surface area contributed by atoms with Crippen LogP contribution >= 0.6 is 0 Å². The Balaban J connectivity index is 2.17. The number of rotatable bonds is 5. The first-order valence-corrected chi connectivity index (χ1v) is 6.55. The minimum absolute atomic E-state index is 0.0645. The van der Waals surface area contributed by atoms with Crippen molar-refractivity contribution in [1.82, 2.24) is 5.32 Å². The number of carbonyl (C=O) groups is 1. The van der Waals surface area contributed by atoms with E-state index in [1.165, 1.54) is 19.2 Å². The topological polar surface area (TPSA) is 38.3 Å². The van der Waals surface area contributed by atoms with Gasteiger partial charge in [0.05, 0.1) is 7.11 Å². The zero-order chi connectivity index (χ0) is 14.0. The maximum atomic E-state index is 13.0. The number of hydrogen-bond donors (Lipinski definition) is 1. The fourth-order valence-corrected chi connectivity index (χ4v) is 2.28. The monoisotopic (exact) mass is 265 g/mol. The zero-order valence-electron chi connectivity index (χ0n) is 11.6. The van der Waals surface area contributed by atoms with Gasteiger partial charge in [-0.2, -0.15) is 0 Å². The SMILES string of the molecule is COC(=O)C(C)(C)NC(c1ccc(F)cc1)C1CC1. The summed E-state index contributed by atoms with van der Waals surface area (Å²) in [6.45, 7) is 3.61. The number of hydrogen-bond acceptors (Lipinski definition) is 3. The molecule has 0 aromatic heterocycles. The predicted molar refractivity (Wildman–Crippen MR) is 71.1 cm³/mol. The van der Waals surface area contributed by atoms with Gasteiger partial charge in [0.1, 0.15) is 11.4 Å². The van der Waals surface area contributed by atoms with E-state index in [1.54, 1.807) is 26.0 Å². The minimum atomic E-state index is -0.754. The Bertz CT molecular complexity index is 452. The summed E-state index contributed by atoms with van der Waals surface area (Å²) in [5.41, 5.74) is 0.261. The van der Waals surface area contributed by atoms with Gasteiger partial charge in [-0.1, -0.05) is 12.1 Å². The van der Waals surface area contributed by atoms with E-state index in [9.17, 15) is 9.18 Å². The molecule has 0 aliphatic heterocycles. The number of ether oxygens (including phenoxy) is 1. The van der Waals surface area contributed by atoms with Crippen molar-refractivity contribution in [1.29, 1.82) is 0 Å². The molecule has 0 spiro atoms. The molecule has 0 saturated heterocycles. The lowest BCUT2D eigenvalue weighted by Gasteiger charge is -2.30. The van der Waals surface area contributed by atoms with E-state index in [0.29, 0.717) is 5.92 Å². The molecule has 0 amide bonds. The summed E-state index contributed by atoms with van der Waals surface area (Å²) in [5.74, 6) is -0.0276. The van der Waals surface area contributed by atoms with Crippen LogP contribution in [0.4, 0.5) is 4.39 Å². The molecule has 1 aromatic rings. The standard InChI is InChI=1S/C15H20FNO2/c1-15(2,14(18)19-3)17-13(10-4-5-10)11-6-8-12(16)9-7-11/h6-10,13,17H,4-5H2,1-3H3. The average Bonchev–Trinajstić information content (AvgIpc) is 3.20. The van der Waals surface area contributed by atoms with Crippen molar-refractivity contribution in [2.24, 2.45) is 5.92 Å². The second kappa shape index (κ2) is 5.29. The third kappa shape index (κ3) is 3.32. The Kier molecular flexibility index (Phi) is 3.90. The Morgan fingerprint density at radius 1 is 1.37 bits per heavy atom. The lowest BCUT2D eigenvalue weighted by atomic mass is 9.97. The van der Waals surface area contributed by atoms with Gasteiger partial charge in [0.15, 0.2) is 0 Å². The van der Waals surface area contributed by atoms with Crippen LogP contribution in [0.2, 0.25) is 0 Å². The number of esters is 1. The highest BCUT2D eigenvalue weighted by atomic mass is 19.1. The summed E-state index contributed by atoms with van der Waals surface area (Å²) >= 11 is 0. The first kappa shape index (κ1) is 14.0. The molecule has 4 heteroatoms. The molecule has 0 bridgehead atoms. The van der Waals surface area contributed by atoms with Crippen LogP contribution in [-0.4, -0.2) is 18.6 Å². The Morgan fingerprint density at radius 3 is 2.42 bits per heavy atom. The third-order valence-corrected chi connectivity index (χ3v) is 3.53. The van der Waals surface area contributed by atoms with Gasteiger partial charge in [0.25, 0.3) is 0 Å². The normalized spacial score (nSPS) is 17.1. The quantitative estimate of drug-likeness (QED) is 0.832. The highest BCUT2D eigenvalue weighted by Crippen LogP contribution is 2.42. The second-order valence-corrected chi connectivity index (χ2v) is 5.63. The van der Waals surface area contributed by atoms with Crippen molar-refractivity contribution in [2.45, 2.75) is 38.3 Å². The van der Waals surface area contributed by atoms with Gasteiger partial charge >= 0.3 is 5.97 Å². The summed E-state index contributed by atoms with van der Waals surface area (Å²) in [5, 5.41) is 3.34. The smallest absolute Gasteiger partial charge is 0.325 e. The van der Waals surface area contributed by atoms with Crippen molar-refractivity contribution in [3.05, 3.63) is 35.6 Å². The van der Waals surface area contributed by atoms with Crippen LogP contribution in [0.3, 0.4) is 0 Å². The Labute approximate surface area is 113 Å². The minimum Gasteiger partial charge on any atom is -0.468 e. The molecule has 1 aliphatic carbocycles. The first-order valence-electron chi connectivity index (χ1n) is 6.55. The maximum absolute atomic E-state index is 13.0. The summed E-state index contributed by atoms with van der Waals surface area (Å²) in [7, 11) is 1.38. The second-order valence-electron chi connectivity index (χ2n) is 5.63. The third-order valence-electron chi connectivity index (χ3n) is 3.53. The largest absolute Gasteiger partial charge is 0.468 e. The number of methoxy groups -OCH3 is 1. The molecule has 1 saturated carbocycles. The van der Waals surface area contributed by atoms with E-state index < -0.39 is 5.54 Å². The molecule has 1 N–H and O–H groups in total. The van der Waals surface area contributed by atoms with Gasteiger partial charge in [0, 0.05) is 6.04 Å². The van der Waals surface area contributed by atoms with Gasteiger partial charge in [0.2, 0.25) is 0 Å². The Hall–Kier alpha value is -1.42. The number of nitrogens with one attached hydrogen (secondary N) is 1. The van der Waals surface area contributed by atoms with Crippen molar-refractivity contribution < 1.29 is 13.9 Å². The van der Waals surface area contributed by atoms with Crippen LogP contribution in [0.1, 0.15) is 38.3 Å². The Morgan fingerprint density at radius 2 is 1.95 bits per heavy atom. The van der Waals surface area contributed by atoms with E-state index in [0.717, 1.165) is 18.4 Å². The molecular formula is C15H20FNO2. The predicted octanol–water partition coefficient (Wildman–Crippen LogP) is 2.82. The van der Waals surface area contributed by atoms with E-state index in [2.05, 4.69) is 5.32 Å². The molecule has 0 radical (unpaired) electrons. The van der Waals surface area contributed by atoms with E-state index in [1.807, 2.05) is 0 Å². The highest BCUT2D eigenvalue weighted by Gasteiger charge is 2.38. The molecule has 19 heavy (non-hydrogen) atoms. The van der Waals surface area contributed by atoms with Crippen LogP contribution in [-0.2, 0) is 9.53 Å². The lowest BCUT2D eigenvalue weighted by Crippen LogP contribution is -2.49. The summed E-state index contributed by atoms with van der Waals surface area (Å²) in [6.07, 6.45) is 2.26.